The highest BCUT2D eigenvalue weighted by Crippen LogP contribution is 2.48. The topological polar surface area (TPSA) is 70.6 Å². The average Bonchev–Trinajstić information content (AvgIpc) is 3.49. The second kappa shape index (κ2) is 8.37. The van der Waals surface area contributed by atoms with Crippen LogP contribution < -0.4 is 10.6 Å². The number of benzene rings is 1. The Bertz CT molecular complexity index is 771. The maximum Gasteiger partial charge on any atom is 0.225 e. The lowest BCUT2D eigenvalue weighted by Gasteiger charge is -2.35. The van der Waals surface area contributed by atoms with E-state index in [4.69, 9.17) is 5.73 Å². The van der Waals surface area contributed by atoms with Crippen molar-refractivity contribution in [3.8, 4) is 0 Å². The molecule has 1 aliphatic heterocycles. The summed E-state index contributed by atoms with van der Waals surface area (Å²) in [6, 6.07) is 8.60. The number of piperazine rings is 1. The van der Waals surface area contributed by atoms with Crippen molar-refractivity contribution in [3.63, 3.8) is 0 Å². The van der Waals surface area contributed by atoms with Crippen LogP contribution in [-0.4, -0.2) is 53.6 Å². The number of anilines is 1. The van der Waals surface area contributed by atoms with E-state index in [-0.39, 0.29) is 35.2 Å². The number of aliphatic imine (C=N–C) groups is 1. The van der Waals surface area contributed by atoms with Crippen molar-refractivity contribution in [2.24, 2.45) is 10.7 Å². The average molecular weight is 482 g/mol. The molecule has 6 nitrogen and oxygen atoms in total. The summed E-state index contributed by atoms with van der Waals surface area (Å²) in [5, 5.41) is 0. The number of hydrogen-bond acceptors (Lipinski definition) is 4. The first kappa shape index (κ1) is 19.8. The van der Waals surface area contributed by atoms with E-state index < -0.39 is 0 Å². The fraction of sp³-hybridized carbons (Fsp3) is 0.421. The normalized spacial score (nSPS) is 18.8. The Morgan fingerprint density at radius 2 is 1.70 bits per heavy atom. The molecule has 1 aliphatic carbocycles. The van der Waals surface area contributed by atoms with Crippen molar-refractivity contribution in [2.45, 2.75) is 18.3 Å². The van der Waals surface area contributed by atoms with Crippen LogP contribution in [0.4, 0.5) is 10.3 Å². The van der Waals surface area contributed by atoms with Crippen LogP contribution in [0.15, 0.2) is 47.7 Å². The molecule has 2 heterocycles. The summed E-state index contributed by atoms with van der Waals surface area (Å²) in [5.74, 6) is 1.15. The lowest BCUT2D eigenvalue weighted by atomic mass is 9.96. The fourth-order valence-electron chi connectivity index (χ4n) is 3.41. The van der Waals surface area contributed by atoms with Gasteiger partial charge in [-0.2, -0.15) is 0 Å². The van der Waals surface area contributed by atoms with Crippen molar-refractivity contribution in [1.82, 2.24) is 14.9 Å². The number of nitrogens with two attached hydrogens (primary N) is 1. The molecule has 0 spiro atoms. The van der Waals surface area contributed by atoms with E-state index >= 15 is 0 Å². The van der Waals surface area contributed by atoms with Gasteiger partial charge in [0.25, 0.3) is 0 Å². The summed E-state index contributed by atoms with van der Waals surface area (Å²) in [4.78, 5) is 17.5. The van der Waals surface area contributed by atoms with Crippen LogP contribution in [0.2, 0.25) is 0 Å². The maximum absolute atomic E-state index is 13.1. The first-order valence-corrected chi connectivity index (χ1v) is 8.99. The van der Waals surface area contributed by atoms with E-state index in [0.717, 1.165) is 50.5 Å². The van der Waals surface area contributed by atoms with Gasteiger partial charge in [0, 0.05) is 44.0 Å². The van der Waals surface area contributed by atoms with E-state index in [9.17, 15) is 4.39 Å². The summed E-state index contributed by atoms with van der Waals surface area (Å²) in [5.41, 5.74) is 7.43. The van der Waals surface area contributed by atoms with Crippen molar-refractivity contribution in [3.05, 3.63) is 54.1 Å². The first-order chi connectivity index (χ1) is 12.7. The molecule has 0 atom stereocenters. The number of nitrogens with zero attached hydrogens (tertiary/aromatic N) is 5. The maximum atomic E-state index is 13.1. The highest BCUT2D eigenvalue weighted by atomic mass is 127. The molecule has 1 aromatic carbocycles. The zero-order valence-electron chi connectivity index (χ0n) is 15.1. The molecule has 0 amide bonds. The number of rotatable bonds is 4. The van der Waals surface area contributed by atoms with Gasteiger partial charge in [-0.1, -0.05) is 12.1 Å². The van der Waals surface area contributed by atoms with Gasteiger partial charge >= 0.3 is 0 Å². The van der Waals surface area contributed by atoms with Gasteiger partial charge in [-0.25, -0.2) is 14.4 Å². The van der Waals surface area contributed by atoms with Gasteiger partial charge in [-0.15, -0.1) is 24.0 Å². The minimum absolute atomic E-state index is 0. The Labute approximate surface area is 175 Å². The Hall–Kier alpha value is -1.97. The number of halogens is 2. The predicted molar refractivity (Wildman–Crippen MR) is 115 cm³/mol. The number of hydrogen-bond donors (Lipinski definition) is 1. The van der Waals surface area contributed by atoms with E-state index in [2.05, 4.69) is 24.8 Å². The second-order valence-corrected chi connectivity index (χ2v) is 6.98. The summed E-state index contributed by atoms with van der Waals surface area (Å²) < 4.78 is 13.1. The molecule has 0 radical (unpaired) electrons. The van der Waals surface area contributed by atoms with Gasteiger partial charge in [0.15, 0.2) is 5.96 Å². The smallest absolute Gasteiger partial charge is 0.225 e. The summed E-state index contributed by atoms with van der Waals surface area (Å²) >= 11 is 0. The zero-order chi connectivity index (χ0) is 18.0. The molecule has 1 saturated carbocycles. The third-order valence-corrected chi connectivity index (χ3v) is 5.29. The van der Waals surface area contributed by atoms with Crippen LogP contribution in [-0.2, 0) is 5.41 Å². The van der Waals surface area contributed by atoms with Crippen molar-refractivity contribution in [1.29, 1.82) is 0 Å². The van der Waals surface area contributed by atoms with Gasteiger partial charge < -0.3 is 15.5 Å². The summed E-state index contributed by atoms with van der Waals surface area (Å²) in [6.07, 6.45) is 5.67. The van der Waals surface area contributed by atoms with Gasteiger partial charge in [-0.3, -0.25) is 4.99 Å². The van der Waals surface area contributed by atoms with Gasteiger partial charge in [-0.05, 0) is 36.6 Å². The molecular formula is C19H24FIN6. The summed E-state index contributed by atoms with van der Waals surface area (Å²) in [6.45, 7) is 3.91. The number of guanidine groups is 1. The monoisotopic (exact) mass is 482 g/mol. The molecule has 2 aliphatic rings. The molecule has 2 N–H and O–H groups in total. The van der Waals surface area contributed by atoms with E-state index in [0.29, 0.717) is 12.5 Å². The quantitative estimate of drug-likeness (QED) is 0.412. The van der Waals surface area contributed by atoms with Crippen molar-refractivity contribution in [2.75, 3.05) is 37.6 Å². The molecule has 1 aromatic heterocycles. The van der Waals surface area contributed by atoms with Crippen LogP contribution in [0, 0.1) is 5.82 Å². The molecule has 1 saturated heterocycles. The van der Waals surface area contributed by atoms with Crippen molar-refractivity contribution >= 4 is 35.9 Å². The Morgan fingerprint density at radius 3 is 2.30 bits per heavy atom. The molecular weight excluding hydrogens is 458 g/mol. The van der Waals surface area contributed by atoms with Gasteiger partial charge in [0.05, 0.1) is 6.54 Å². The molecule has 2 aromatic rings. The van der Waals surface area contributed by atoms with E-state index in [1.54, 1.807) is 12.4 Å². The van der Waals surface area contributed by atoms with E-state index in [1.807, 2.05) is 18.2 Å². The van der Waals surface area contributed by atoms with E-state index in [1.165, 1.54) is 12.1 Å². The van der Waals surface area contributed by atoms with Crippen LogP contribution in [0.3, 0.4) is 0 Å². The molecule has 4 rings (SSSR count). The SMILES string of the molecule is I.NC(=NCC1(c2ccc(F)cc2)CC1)N1CCN(c2ncccn2)CC1. The van der Waals surface area contributed by atoms with Crippen LogP contribution in [0.1, 0.15) is 18.4 Å². The van der Waals surface area contributed by atoms with Crippen molar-refractivity contribution < 1.29 is 4.39 Å². The molecule has 0 bridgehead atoms. The Kier molecular flexibility index (Phi) is 6.13. The van der Waals surface area contributed by atoms with Crippen LogP contribution >= 0.6 is 24.0 Å². The first-order valence-electron chi connectivity index (χ1n) is 8.99. The Balaban J connectivity index is 0.00000210. The lowest BCUT2D eigenvalue weighted by molar-refractivity contribution is 0.377. The third-order valence-electron chi connectivity index (χ3n) is 5.29. The van der Waals surface area contributed by atoms with Gasteiger partial charge in [0.1, 0.15) is 5.82 Å². The zero-order valence-corrected chi connectivity index (χ0v) is 17.4. The molecule has 144 valence electrons. The number of aromatic nitrogens is 2. The predicted octanol–water partition coefficient (Wildman–Crippen LogP) is 2.40. The summed E-state index contributed by atoms with van der Waals surface area (Å²) in [7, 11) is 0. The Morgan fingerprint density at radius 1 is 1.07 bits per heavy atom. The highest BCUT2D eigenvalue weighted by molar-refractivity contribution is 14.0. The standard InChI is InChI=1S/C19H23FN6.HI/c20-16-4-2-15(3-5-16)19(6-7-19)14-24-17(21)25-10-12-26(13-11-25)18-22-8-1-9-23-18;/h1-5,8-9H,6-7,10-14H2,(H2,21,24);1H. The fourth-order valence-corrected chi connectivity index (χ4v) is 3.41. The molecule has 0 unspecified atom stereocenters. The minimum atomic E-state index is -0.201. The minimum Gasteiger partial charge on any atom is -0.370 e. The van der Waals surface area contributed by atoms with Crippen LogP contribution in [0.25, 0.3) is 0 Å². The highest BCUT2D eigenvalue weighted by Gasteiger charge is 2.44. The lowest BCUT2D eigenvalue weighted by Crippen LogP contribution is -2.51. The second-order valence-electron chi connectivity index (χ2n) is 6.98. The molecule has 8 heteroatoms. The molecule has 27 heavy (non-hydrogen) atoms. The third kappa shape index (κ3) is 4.48. The molecule has 2 fully saturated rings. The largest absolute Gasteiger partial charge is 0.370 e. The van der Waals surface area contributed by atoms with Crippen LogP contribution in [0.5, 0.6) is 0 Å². The van der Waals surface area contributed by atoms with Gasteiger partial charge in [0.2, 0.25) is 5.95 Å².